The van der Waals surface area contributed by atoms with Crippen LogP contribution >= 0.6 is 0 Å². The van der Waals surface area contributed by atoms with Gasteiger partial charge in [0.05, 0.1) is 6.04 Å². The zero-order valence-electron chi connectivity index (χ0n) is 16.4. The minimum absolute atomic E-state index is 0.0269. The fourth-order valence-corrected chi connectivity index (χ4v) is 2.50. The van der Waals surface area contributed by atoms with Gasteiger partial charge in [0.15, 0.2) is 6.61 Å². The Kier molecular flexibility index (Phi) is 7.36. The lowest BCUT2D eigenvalue weighted by Gasteiger charge is -2.16. The number of ether oxygens (including phenoxy) is 1. The van der Waals surface area contributed by atoms with Crippen molar-refractivity contribution >= 4 is 11.7 Å². The third-order valence-electron chi connectivity index (χ3n) is 4.19. The summed E-state index contributed by atoms with van der Waals surface area (Å²) < 4.78 is 41.7. The highest BCUT2D eigenvalue weighted by Crippen LogP contribution is 2.22. The molecule has 1 heterocycles. The summed E-state index contributed by atoms with van der Waals surface area (Å²) in [5.74, 6) is -0.403. The number of halogens is 3. The second-order valence-corrected chi connectivity index (χ2v) is 7.01. The number of aromatic nitrogens is 1. The fourth-order valence-electron chi connectivity index (χ4n) is 2.50. The van der Waals surface area contributed by atoms with Gasteiger partial charge < -0.3 is 10.1 Å². The highest BCUT2D eigenvalue weighted by atomic mass is 19.4. The molecule has 1 unspecified atom stereocenters. The molecule has 156 valence electrons. The lowest BCUT2D eigenvalue weighted by atomic mass is 10.0. The number of Topliss-reactive ketones (excluding diaryl/α,β-unsaturated/α-hetero) is 1. The molecular formula is C21H23F3N2O3. The van der Waals surface area contributed by atoms with Crippen molar-refractivity contribution in [2.45, 2.75) is 39.4 Å². The van der Waals surface area contributed by atoms with Crippen molar-refractivity contribution in [2.75, 3.05) is 6.61 Å². The number of nitrogens with one attached hydrogen (secondary N) is 1. The summed E-state index contributed by atoms with van der Waals surface area (Å²) in [4.78, 5) is 28.5. The highest BCUT2D eigenvalue weighted by Gasteiger charge is 2.28. The molecule has 0 saturated carbocycles. The maximum atomic E-state index is 12.5. The Bertz CT molecular complexity index is 866. The molecule has 0 aliphatic carbocycles. The number of carbonyl (C=O) groups is 2. The van der Waals surface area contributed by atoms with Gasteiger partial charge in [-0.15, -0.1) is 0 Å². The quantitative estimate of drug-likeness (QED) is 0.708. The van der Waals surface area contributed by atoms with E-state index in [1.54, 1.807) is 39.0 Å². The zero-order chi connectivity index (χ0) is 21.6. The van der Waals surface area contributed by atoms with Gasteiger partial charge in [-0.2, -0.15) is 13.2 Å². The third kappa shape index (κ3) is 7.21. The standard InChI is InChI=1S/C21H23F3N2O3/c1-13(2)19(27)11-17-9-16(7-8-25-17)20(28)26-14(3)15-5-4-6-18(10-15)29-12-21(22,23)24/h4-10,13-14H,11-12H2,1-3H3,(H,26,28). The molecule has 0 spiro atoms. The van der Waals surface area contributed by atoms with Gasteiger partial charge in [0.2, 0.25) is 0 Å². The molecule has 2 aromatic rings. The van der Waals surface area contributed by atoms with Crippen LogP contribution in [-0.4, -0.2) is 29.5 Å². The van der Waals surface area contributed by atoms with E-state index >= 15 is 0 Å². The second kappa shape index (κ2) is 9.54. The number of carbonyl (C=O) groups excluding carboxylic acids is 2. The number of nitrogens with zero attached hydrogens (tertiary/aromatic N) is 1. The number of ketones is 1. The van der Waals surface area contributed by atoms with Gasteiger partial charge in [-0.25, -0.2) is 0 Å². The minimum atomic E-state index is -4.42. The predicted molar refractivity (Wildman–Crippen MR) is 102 cm³/mol. The number of hydrogen-bond donors (Lipinski definition) is 1. The molecule has 1 atom stereocenters. The normalized spacial score (nSPS) is 12.5. The van der Waals surface area contributed by atoms with E-state index in [2.05, 4.69) is 10.3 Å². The number of benzene rings is 1. The monoisotopic (exact) mass is 408 g/mol. The molecule has 8 heteroatoms. The SMILES string of the molecule is CC(C)C(=O)Cc1cc(C(=O)NC(C)c2cccc(OCC(F)(F)F)c2)ccn1. The molecular weight excluding hydrogens is 385 g/mol. The number of hydrogen-bond acceptors (Lipinski definition) is 4. The molecule has 1 aromatic carbocycles. The van der Waals surface area contributed by atoms with Crippen molar-refractivity contribution in [3.05, 3.63) is 59.4 Å². The maximum absolute atomic E-state index is 12.5. The summed E-state index contributed by atoms with van der Waals surface area (Å²) in [6, 6.07) is 8.75. The van der Waals surface area contributed by atoms with Crippen LogP contribution in [0.2, 0.25) is 0 Å². The first-order valence-corrected chi connectivity index (χ1v) is 9.13. The summed E-state index contributed by atoms with van der Waals surface area (Å²) >= 11 is 0. The van der Waals surface area contributed by atoms with Crippen molar-refractivity contribution in [1.29, 1.82) is 0 Å². The fraction of sp³-hybridized carbons (Fsp3) is 0.381. The largest absolute Gasteiger partial charge is 0.484 e. The van der Waals surface area contributed by atoms with Crippen LogP contribution in [0.15, 0.2) is 42.6 Å². The Morgan fingerprint density at radius 1 is 1.14 bits per heavy atom. The molecule has 0 aliphatic rings. The van der Waals surface area contributed by atoms with Crippen molar-refractivity contribution in [1.82, 2.24) is 10.3 Å². The Balaban J connectivity index is 2.04. The van der Waals surface area contributed by atoms with Crippen LogP contribution in [0.5, 0.6) is 5.75 Å². The van der Waals surface area contributed by atoms with Crippen molar-refractivity contribution in [3.8, 4) is 5.75 Å². The first-order valence-electron chi connectivity index (χ1n) is 9.13. The lowest BCUT2D eigenvalue weighted by Crippen LogP contribution is -2.27. The summed E-state index contributed by atoms with van der Waals surface area (Å²) in [5.41, 5.74) is 1.46. The van der Waals surface area contributed by atoms with Gasteiger partial charge in [0, 0.05) is 29.8 Å². The zero-order valence-corrected chi connectivity index (χ0v) is 16.4. The van der Waals surface area contributed by atoms with Crippen LogP contribution in [0.25, 0.3) is 0 Å². The predicted octanol–water partition coefficient (Wildman–Crippen LogP) is 4.28. The van der Waals surface area contributed by atoms with E-state index in [1.807, 2.05) is 0 Å². The maximum Gasteiger partial charge on any atom is 0.422 e. The Morgan fingerprint density at radius 3 is 2.52 bits per heavy atom. The van der Waals surface area contributed by atoms with Crippen molar-refractivity contribution in [3.63, 3.8) is 0 Å². The Morgan fingerprint density at radius 2 is 1.86 bits per heavy atom. The second-order valence-electron chi connectivity index (χ2n) is 7.01. The molecule has 1 amide bonds. The first kappa shape index (κ1) is 22.4. The van der Waals surface area contributed by atoms with E-state index in [9.17, 15) is 22.8 Å². The van der Waals surface area contributed by atoms with E-state index in [0.29, 0.717) is 16.8 Å². The molecule has 2 rings (SSSR count). The highest BCUT2D eigenvalue weighted by molar-refractivity contribution is 5.94. The molecule has 0 radical (unpaired) electrons. The average molecular weight is 408 g/mol. The van der Waals surface area contributed by atoms with Crippen LogP contribution in [0.3, 0.4) is 0 Å². The number of pyridine rings is 1. The molecule has 0 bridgehead atoms. The first-order chi connectivity index (χ1) is 13.5. The van der Waals surface area contributed by atoms with Crippen molar-refractivity contribution in [2.24, 2.45) is 5.92 Å². The Hall–Kier alpha value is -2.90. The summed E-state index contributed by atoms with van der Waals surface area (Å²) in [6.45, 7) is 3.93. The molecule has 1 aromatic heterocycles. The topological polar surface area (TPSA) is 68.3 Å². The molecule has 0 fully saturated rings. The van der Waals surface area contributed by atoms with Gasteiger partial charge in [0.25, 0.3) is 5.91 Å². The number of alkyl halides is 3. The van der Waals surface area contributed by atoms with Gasteiger partial charge in [-0.05, 0) is 36.8 Å². The molecule has 0 saturated heterocycles. The summed E-state index contributed by atoms with van der Waals surface area (Å²) in [5, 5.41) is 2.79. The lowest BCUT2D eigenvalue weighted by molar-refractivity contribution is -0.153. The van der Waals surface area contributed by atoms with Crippen LogP contribution in [0, 0.1) is 5.92 Å². The number of amides is 1. The number of rotatable bonds is 8. The van der Waals surface area contributed by atoms with Gasteiger partial charge in [-0.3, -0.25) is 14.6 Å². The third-order valence-corrected chi connectivity index (χ3v) is 4.19. The van der Waals surface area contributed by atoms with Crippen molar-refractivity contribution < 1.29 is 27.5 Å². The average Bonchev–Trinajstić information content (AvgIpc) is 2.66. The van der Waals surface area contributed by atoms with E-state index in [4.69, 9.17) is 4.74 Å². The molecule has 5 nitrogen and oxygen atoms in total. The minimum Gasteiger partial charge on any atom is -0.484 e. The van der Waals surface area contributed by atoms with Crippen LogP contribution in [0.4, 0.5) is 13.2 Å². The van der Waals surface area contributed by atoms with E-state index in [1.165, 1.54) is 24.4 Å². The van der Waals surface area contributed by atoms with Gasteiger partial charge >= 0.3 is 6.18 Å². The molecule has 0 aliphatic heterocycles. The Labute approximate surface area is 167 Å². The van der Waals surface area contributed by atoms with E-state index in [0.717, 1.165) is 0 Å². The summed E-state index contributed by atoms with van der Waals surface area (Å²) in [6.07, 6.45) is -2.81. The molecule has 29 heavy (non-hydrogen) atoms. The van der Waals surface area contributed by atoms with E-state index in [-0.39, 0.29) is 29.8 Å². The van der Waals surface area contributed by atoms with Gasteiger partial charge in [-0.1, -0.05) is 26.0 Å². The smallest absolute Gasteiger partial charge is 0.422 e. The van der Waals surface area contributed by atoms with Crippen LogP contribution in [0.1, 0.15) is 48.4 Å². The molecule has 1 N–H and O–H groups in total. The summed E-state index contributed by atoms with van der Waals surface area (Å²) in [7, 11) is 0. The van der Waals surface area contributed by atoms with Crippen LogP contribution < -0.4 is 10.1 Å². The van der Waals surface area contributed by atoms with Gasteiger partial charge in [0.1, 0.15) is 11.5 Å². The van der Waals surface area contributed by atoms with E-state index < -0.39 is 18.8 Å². The van der Waals surface area contributed by atoms with Crippen LogP contribution in [-0.2, 0) is 11.2 Å².